The van der Waals surface area contributed by atoms with Gasteiger partial charge in [0.15, 0.2) is 0 Å². The molecule has 0 amide bonds. The molecule has 2 rings (SSSR count). The minimum Gasteiger partial charge on any atom is -0.497 e. The Morgan fingerprint density at radius 2 is 1.95 bits per heavy atom. The van der Waals surface area contributed by atoms with E-state index in [1.165, 1.54) is 4.88 Å². The summed E-state index contributed by atoms with van der Waals surface area (Å²) < 4.78 is 10.6. The molecular weight excluding hydrogens is 260 g/mol. The molecule has 2 N–H and O–H groups in total. The summed E-state index contributed by atoms with van der Waals surface area (Å²) in [6.07, 6.45) is 0. The van der Waals surface area contributed by atoms with Gasteiger partial charge in [-0.05, 0) is 32.0 Å². The third kappa shape index (κ3) is 2.72. The van der Waals surface area contributed by atoms with Crippen LogP contribution in [0, 0.1) is 13.8 Å². The summed E-state index contributed by atoms with van der Waals surface area (Å²) in [6.45, 7) is 4.04. The lowest BCUT2D eigenvalue weighted by Crippen LogP contribution is -2.13. The van der Waals surface area contributed by atoms with Gasteiger partial charge < -0.3 is 15.2 Å². The molecular formula is C14H18N2O2S. The molecule has 0 saturated heterocycles. The van der Waals surface area contributed by atoms with Crippen molar-refractivity contribution in [3.05, 3.63) is 39.3 Å². The van der Waals surface area contributed by atoms with Gasteiger partial charge in [-0.15, -0.1) is 11.3 Å². The minimum absolute atomic E-state index is 0.303. The molecule has 0 saturated carbocycles. The van der Waals surface area contributed by atoms with E-state index in [-0.39, 0.29) is 6.04 Å². The summed E-state index contributed by atoms with van der Waals surface area (Å²) in [4.78, 5) is 5.70. The number of aryl methyl sites for hydroxylation is 2. The summed E-state index contributed by atoms with van der Waals surface area (Å²) in [5.74, 6) is 1.51. The van der Waals surface area contributed by atoms with Crippen molar-refractivity contribution in [3.8, 4) is 11.5 Å². The van der Waals surface area contributed by atoms with Gasteiger partial charge in [-0.1, -0.05) is 0 Å². The van der Waals surface area contributed by atoms with Gasteiger partial charge in [0.2, 0.25) is 0 Å². The predicted molar refractivity (Wildman–Crippen MR) is 77.2 cm³/mol. The van der Waals surface area contributed by atoms with Gasteiger partial charge in [-0.25, -0.2) is 4.98 Å². The largest absolute Gasteiger partial charge is 0.497 e. The zero-order chi connectivity index (χ0) is 14.0. The van der Waals surface area contributed by atoms with Gasteiger partial charge in [-0.2, -0.15) is 0 Å². The van der Waals surface area contributed by atoms with E-state index in [9.17, 15) is 0 Å². The maximum absolute atomic E-state index is 6.31. The number of ether oxygens (including phenoxy) is 2. The van der Waals surface area contributed by atoms with Gasteiger partial charge >= 0.3 is 0 Å². The fourth-order valence-corrected chi connectivity index (χ4v) is 2.79. The van der Waals surface area contributed by atoms with E-state index in [1.807, 2.05) is 32.0 Å². The monoisotopic (exact) mass is 278 g/mol. The molecule has 0 aliphatic carbocycles. The van der Waals surface area contributed by atoms with Gasteiger partial charge in [-0.3, -0.25) is 0 Å². The first-order valence-electron chi connectivity index (χ1n) is 5.98. The molecule has 0 fully saturated rings. The van der Waals surface area contributed by atoms with E-state index >= 15 is 0 Å². The van der Waals surface area contributed by atoms with E-state index in [0.29, 0.717) is 0 Å². The molecule has 0 aliphatic heterocycles. The molecule has 5 heteroatoms. The van der Waals surface area contributed by atoms with Crippen LogP contribution in [-0.2, 0) is 0 Å². The molecule has 1 aromatic heterocycles. The Kier molecular flexibility index (Phi) is 4.07. The van der Waals surface area contributed by atoms with Crippen molar-refractivity contribution in [2.24, 2.45) is 5.73 Å². The average molecular weight is 278 g/mol. The Morgan fingerprint density at radius 3 is 2.47 bits per heavy atom. The first-order chi connectivity index (χ1) is 9.06. The number of benzene rings is 1. The molecule has 2 aromatic rings. The highest BCUT2D eigenvalue weighted by molar-refractivity contribution is 7.11. The van der Waals surface area contributed by atoms with Crippen LogP contribution in [0.3, 0.4) is 0 Å². The second kappa shape index (κ2) is 5.59. The molecule has 0 spiro atoms. The second-order valence-corrected chi connectivity index (χ2v) is 5.51. The standard InChI is InChI=1S/C14H18N2O2S/c1-8-9(2)19-14(16-8)13(15)11-7-10(17-3)5-6-12(11)18-4/h5-7,13H,15H2,1-4H3. The zero-order valence-electron chi connectivity index (χ0n) is 11.6. The third-order valence-electron chi connectivity index (χ3n) is 3.08. The minimum atomic E-state index is -0.303. The summed E-state index contributed by atoms with van der Waals surface area (Å²) in [5.41, 5.74) is 8.22. The number of methoxy groups -OCH3 is 2. The topological polar surface area (TPSA) is 57.4 Å². The first kappa shape index (κ1) is 13.8. The van der Waals surface area contributed by atoms with Crippen LogP contribution < -0.4 is 15.2 Å². The molecule has 4 nitrogen and oxygen atoms in total. The normalized spacial score (nSPS) is 12.3. The SMILES string of the molecule is COc1ccc(OC)c(C(N)c2nc(C)c(C)s2)c1. The highest BCUT2D eigenvalue weighted by Gasteiger charge is 2.19. The molecule has 1 aromatic carbocycles. The quantitative estimate of drug-likeness (QED) is 0.934. The number of thiazole rings is 1. The second-order valence-electron chi connectivity index (χ2n) is 4.28. The van der Waals surface area contributed by atoms with Crippen LogP contribution in [0.1, 0.15) is 27.2 Å². The van der Waals surface area contributed by atoms with Crippen LogP contribution >= 0.6 is 11.3 Å². The molecule has 1 atom stereocenters. The molecule has 0 bridgehead atoms. The summed E-state index contributed by atoms with van der Waals surface area (Å²) >= 11 is 1.62. The van der Waals surface area contributed by atoms with Gasteiger partial charge in [0.05, 0.1) is 26.0 Å². The zero-order valence-corrected chi connectivity index (χ0v) is 12.4. The number of rotatable bonds is 4. The molecule has 0 aliphatic rings. The number of hydrogen-bond acceptors (Lipinski definition) is 5. The Hall–Kier alpha value is -1.59. The van der Waals surface area contributed by atoms with Crippen molar-refractivity contribution in [1.29, 1.82) is 0 Å². The van der Waals surface area contributed by atoms with Crippen molar-refractivity contribution in [1.82, 2.24) is 4.98 Å². The summed E-state index contributed by atoms with van der Waals surface area (Å²) in [6, 6.07) is 5.31. The van der Waals surface area contributed by atoms with E-state index in [2.05, 4.69) is 4.98 Å². The van der Waals surface area contributed by atoms with Crippen molar-refractivity contribution in [2.45, 2.75) is 19.9 Å². The van der Waals surface area contributed by atoms with Crippen LogP contribution in [0.15, 0.2) is 18.2 Å². The Labute approximate surface area is 117 Å². The smallest absolute Gasteiger partial charge is 0.124 e. The van der Waals surface area contributed by atoms with Crippen molar-refractivity contribution in [3.63, 3.8) is 0 Å². The number of hydrogen-bond donors (Lipinski definition) is 1. The maximum Gasteiger partial charge on any atom is 0.124 e. The van der Waals surface area contributed by atoms with E-state index in [4.69, 9.17) is 15.2 Å². The van der Waals surface area contributed by atoms with Crippen molar-refractivity contribution in [2.75, 3.05) is 14.2 Å². The van der Waals surface area contributed by atoms with Crippen molar-refractivity contribution >= 4 is 11.3 Å². The number of aromatic nitrogens is 1. The van der Waals surface area contributed by atoms with Crippen LogP contribution in [0.25, 0.3) is 0 Å². The fourth-order valence-electron chi connectivity index (χ4n) is 1.85. The molecule has 1 heterocycles. The summed E-state index contributed by atoms with van der Waals surface area (Å²) in [7, 11) is 3.27. The van der Waals surface area contributed by atoms with E-state index in [1.54, 1.807) is 25.6 Å². The molecule has 102 valence electrons. The van der Waals surface area contributed by atoms with Crippen LogP contribution in [0.2, 0.25) is 0 Å². The fraction of sp³-hybridized carbons (Fsp3) is 0.357. The maximum atomic E-state index is 6.31. The first-order valence-corrected chi connectivity index (χ1v) is 6.80. The van der Waals surface area contributed by atoms with Gasteiger partial charge in [0.1, 0.15) is 16.5 Å². The lowest BCUT2D eigenvalue weighted by atomic mass is 10.1. The Balaban J connectivity index is 2.44. The van der Waals surface area contributed by atoms with E-state index in [0.717, 1.165) is 27.8 Å². The molecule has 1 unspecified atom stereocenters. The molecule has 0 radical (unpaired) electrons. The van der Waals surface area contributed by atoms with Crippen molar-refractivity contribution < 1.29 is 9.47 Å². The van der Waals surface area contributed by atoms with E-state index < -0.39 is 0 Å². The predicted octanol–water partition coefficient (Wildman–Crippen LogP) is 2.83. The lowest BCUT2D eigenvalue weighted by Gasteiger charge is -2.14. The van der Waals surface area contributed by atoms with Gasteiger partial charge in [0.25, 0.3) is 0 Å². The van der Waals surface area contributed by atoms with Gasteiger partial charge in [0, 0.05) is 10.4 Å². The highest BCUT2D eigenvalue weighted by atomic mass is 32.1. The molecule has 19 heavy (non-hydrogen) atoms. The number of nitrogens with zero attached hydrogens (tertiary/aromatic N) is 1. The summed E-state index contributed by atoms with van der Waals surface area (Å²) in [5, 5.41) is 0.890. The van der Waals surface area contributed by atoms with Crippen LogP contribution in [0.5, 0.6) is 11.5 Å². The third-order valence-corrected chi connectivity index (χ3v) is 4.24. The Morgan fingerprint density at radius 1 is 1.21 bits per heavy atom. The van der Waals surface area contributed by atoms with Crippen LogP contribution in [0.4, 0.5) is 0 Å². The van der Waals surface area contributed by atoms with Crippen LogP contribution in [-0.4, -0.2) is 19.2 Å². The average Bonchev–Trinajstić information content (AvgIpc) is 2.77. The number of nitrogens with two attached hydrogens (primary N) is 1. The highest BCUT2D eigenvalue weighted by Crippen LogP contribution is 2.33. The lowest BCUT2D eigenvalue weighted by molar-refractivity contribution is 0.397. The Bertz CT molecular complexity index is 561.